The molecule has 1 aromatic rings. The number of nitrogens with zero attached hydrogens (tertiary/aromatic N) is 1. The lowest BCUT2D eigenvalue weighted by Crippen LogP contribution is -2.28. The molecule has 1 atom stereocenters. The van der Waals surface area contributed by atoms with Gasteiger partial charge in [0.1, 0.15) is 0 Å². The summed E-state index contributed by atoms with van der Waals surface area (Å²) in [6.45, 7) is 4.38. The lowest BCUT2D eigenvalue weighted by atomic mass is 10.1. The van der Waals surface area contributed by atoms with Crippen molar-refractivity contribution in [3.05, 3.63) is 17.7 Å². The number of benzene rings is 1. The van der Waals surface area contributed by atoms with Gasteiger partial charge in [-0.05, 0) is 43.5 Å². The van der Waals surface area contributed by atoms with Crippen molar-refractivity contribution in [2.75, 3.05) is 27.9 Å². The molecular formula is C16H25NO3. The van der Waals surface area contributed by atoms with Crippen LogP contribution >= 0.6 is 0 Å². The minimum atomic E-state index is 0.659. The minimum absolute atomic E-state index is 0.659. The molecule has 1 aliphatic heterocycles. The van der Waals surface area contributed by atoms with Crippen LogP contribution in [0.3, 0.4) is 0 Å². The van der Waals surface area contributed by atoms with Crippen molar-refractivity contribution < 1.29 is 14.2 Å². The summed E-state index contributed by atoms with van der Waals surface area (Å²) in [5.74, 6) is 2.12. The molecule has 0 N–H and O–H groups in total. The zero-order valence-electron chi connectivity index (χ0n) is 12.9. The number of hydrogen-bond donors (Lipinski definition) is 0. The van der Waals surface area contributed by atoms with Gasteiger partial charge in [0.25, 0.3) is 0 Å². The smallest absolute Gasteiger partial charge is 0.203 e. The van der Waals surface area contributed by atoms with Crippen LogP contribution in [-0.2, 0) is 6.54 Å². The Bertz CT molecular complexity index is 422. The van der Waals surface area contributed by atoms with E-state index in [9.17, 15) is 0 Å². The maximum Gasteiger partial charge on any atom is 0.203 e. The summed E-state index contributed by atoms with van der Waals surface area (Å²) in [4.78, 5) is 2.54. The van der Waals surface area contributed by atoms with Gasteiger partial charge in [0.05, 0.1) is 21.3 Å². The Labute approximate surface area is 121 Å². The zero-order chi connectivity index (χ0) is 14.5. The van der Waals surface area contributed by atoms with E-state index in [1.807, 2.05) is 12.1 Å². The van der Waals surface area contributed by atoms with E-state index in [-0.39, 0.29) is 0 Å². The van der Waals surface area contributed by atoms with Crippen molar-refractivity contribution in [1.82, 2.24) is 4.90 Å². The van der Waals surface area contributed by atoms with Gasteiger partial charge in [0.15, 0.2) is 11.5 Å². The molecule has 4 nitrogen and oxygen atoms in total. The highest BCUT2D eigenvalue weighted by molar-refractivity contribution is 5.53. The summed E-state index contributed by atoms with van der Waals surface area (Å²) >= 11 is 0. The van der Waals surface area contributed by atoms with Crippen LogP contribution < -0.4 is 14.2 Å². The Hall–Kier alpha value is -1.42. The Morgan fingerprint density at radius 2 is 1.75 bits per heavy atom. The molecule has 20 heavy (non-hydrogen) atoms. The third-order valence-corrected chi connectivity index (χ3v) is 4.08. The minimum Gasteiger partial charge on any atom is -0.493 e. The predicted octanol–water partition coefficient (Wildman–Crippen LogP) is 3.09. The molecule has 0 spiro atoms. The Morgan fingerprint density at radius 1 is 1.10 bits per heavy atom. The highest BCUT2D eigenvalue weighted by atomic mass is 16.5. The van der Waals surface area contributed by atoms with Gasteiger partial charge in [-0.2, -0.15) is 0 Å². The van der Waals surface area contributed by atoms with Gasteiger partial charge >= 0.3 is 0 Å². The van der Waals surface area contributed by atoms with E-state index in [1.54, 1.807) is 21.3 Å². The number of hydrogen-bond acceptors (Lipinski definition) is 4. The fraction of sp³-hybridized carbons (Fsp3) is 0.625. The quantitative estimate of drug-likeness (QED) is 0.800. The van der Waals surface area contributed by atoms with Gasteiger partial charge in [-0.25, -0.2) is 0 Å². The first-order valence-electron chi connectivity index (χ1n) is 7.26. The summed E-state index contributed by atoms with van der Waals surface area (Å²) in [6.07, 6.45) is 3.81. The zero-order valence-corrected chi connectivity index (χ0v) is 12.9. The van der Waals surface area contributed by atoms with Crippen LogP contribution in [0.1, 0.15) is 31.7 Å². The van der Waals surface area contributed by atoms with Gasteiger partial charge in [0, 0.05) is 12.6 Å². The molecule has 112 valence electrons. The molecule has 1 aromatic carbocycles. The molecular weight excluding hydrogens is 254 g/mol. The molecule has 0 saturated carbocycles. The molecule has 0 amide bonds. The first-order chi connectivity index (χ1) is 9.73. The fourth-order valence-electron chi connectivity index (χ4n) is 3.03. The molecule has 4 heteroatoms. The van der Waals surface area contributed by atoms with Crippen LogP contribution in [0.2, 0.25) is 0 Å². The standard InChI is InChI=1S/C16H25NO3/c1-5-13-7-6-8-17(13)11-12-9-14(18-2)16(20-4)15(10-12)19-3/h9-10,13H,5-8,11H2,1-4H3. The summed E-state index contributed by atoms with van der Waals surface area (Å²) in [5.41, 5.74) is 1.21. The molecule has 2 rings (SSSR count). The molecule has 1 unspecified atom stereocenters. The molecule has 1 saturated heterocycles. The molecule has 1 fully saturated rings. The monoisotopic (exact) mass is 279 g/mol. The van der Waals surface area contributed by atoms with E-state index in [4.69, 9.17) is 14.2 Å². The average Bonchev–Trinajstić information content (AvgIpc) is 2.93. The summed E-state index contributed by atoms with van der Waals surface area (Å²) in [5, 5.41) is 0. The Balaban J connectivity index is 2.23. The van der Waals surface area contributed by atoms with Gasteiger partial charge < -0.3 is 14.2 Å². The van der Waals surface area contributed by atoms with Crippen LogP contribution in [0.5, 0.6) is 17.2 Å². The van der Waals surface area contributed by atoms with Gasteiger partial charge in [0.2, 0.25) is 5.75 Å². The summed E-state index contributed by atoms with van der Waals surface area (Å²) in [6, 6.07) is 4.80. The van der Waals surface area contributed by atoms with Crippen molar-refractivity contribution in [2.45, 2.75) is 38.8 Å². The number of methoxy groups -OCH3 is 3. The Kier molecular flexibility index (Phi) is 5.12. The van der Waals surface area contributed by atoms with Crippen molar-refractivity contribution in [1.29, 1.82) is 0 Å². The van der Waals surface area contributed by atoms with Crippen molar-refractivity contribution >= 4 is 0 Å². The van der Waals surface area contributed by atoms with Crippen molar-refractivity contribution in [3.8, 4) is 17.2 Å². The highest BCUT2D eigenvalue weighted by Crippen LogP contribution is 2.38. The molecule has 0 bridgehead atoms. The van der Waals surface area contributed by atoms with Gasteiger partial charge in [-0.1, -0.05) is 6.92 Å². The maximum absolute atomic E-state index is 5.41. The van der Waals surface area contributed by atoms with E-state index in [0.29, 0.717) is 11.8 Å². The molecule has 0 aromatic heterocycles. The fourth-order valence-corrected chi connectivity index (χ4v) is 3.03. The topological polar surface area (TPSA) is 30.9 Å². The predicted molar refractivity (Wildman–Crippen MR) is 79.8 cm³/mol. The first-order valence-corrected chi connectivity index (χ1v) is 7.26. The average molecular weight is 279 g/mol. The summed E-state index contributed by atoms with van der Waals surface area (Å²) in [7, 11) is 4.95. The van der Waals surface area contributed by atoms with E-state index in [0.717, 1.165) is 18.0 Å². The van der Waals surface area contributed by atoms with E-state index in [1.165, 1.54) is 31.4 Å². The van der Waals surface area contributed by atoms with E-state index < -0.39 is 0 Å². The number of rotatable bonds is 6. The van der Waals surface area contributed by atoms with Crippen LogP contribution in [0, 0.1) is 0 Å². The highest BCUT2D eigenvalue weighted by Gasteiger charge is 2.23. The lowest BCUT2D eigenvalue weighted by molar-refractivity contribution is 0.239. The third kappa shape index (κ3) is 3.01. The number of likely N-dealkylation sites (tertiary alicyclic amines) is 1. The second-order valence-electron chi connectivity index (χ2n) is 5.21. The van der Waals surface area contributed by atoms with E-state index >= 15 is 0 Å². The largest absolute Gasteiger partial charge is 0.493 e. The maximum atomic E-state index is 5.41. The van der Waals surface area contributed by atoms with Crippen molar-refractivity contribution in [3.63, 3.8) is 0 Å². The first kappa shape index (κ1) is 15.0. The molecule has 1 heterocycles. The molecule has 0 aliphatic carbocycles. The third-order valence-electron chi connectivity index (χ3n) is 4.08. The van der Waals surface area contributed by atoms with Gasteiger partial charge in [-0.3, -0.25) is 4.90 Å². The van der Waals surface area contributed by atoms with Crippen molar-refractivity contribution in [2.24, 2.45) is 0 Å². The Morgan fingerprint density at radius 3 is 2.25 bits per heavy atom. The number of ether oxygens (including phenoxy) is 3. The van der Waals surface area contributed by atoms with Crippen LogP contribution in [0.25, 0.3) is 0 Å². The second-order valence-corrected chi connectivity index (χ2v) is 5.21. The van der Waals surface area contributed by atoms with E-state index in [2.05, 4.69) is 11.8 Å². The SMILES string of the molecule is CCC1CCCN1Cc1cc(OC)c(OC)c(OC)c1. The molecule has 1 aliphatic rings. The lowest BCUT2D eigenvalue weighted by Gasteiger charge is -2.24. The van der Waals surface area contributed by atoms with Gasteiger partial charge in [-0.15, -0.1) is 0 Å². The molecule has 0 radical (unpaired) electrons. The van der Waals surface area contributed by atoms with Crippen LogP contribution in [0.4, 0.5) is 0 Å². The normalized spacial score (nSPS) is 19.1. The summed E-state index contributed by atoms with van der Waals surface area (Å²) < 4.78 is 16.2. The van der Waals surface area contributed by atoms with Crippen LogP contribution in [-0.4, -0.2) is 38.8 Å². The van der Waals surface area contributed by atoms with Crippen LogP contribution in [0.15, 0.2) is 12.1 Å². The second kappa shape index (κ2) is 6.84.